The van der Waals surface area contributed by atoms with Crippen molar-refractivity contribution >= 4 is 25.4 Å². The molecule has 0 radical (unpaired) electrons. The molecular formula is C27H38N5O8P. The van der Waals surface area contributed by atoms with Crippen LogP contribution in [0.3, 0.4) is 0 Å². The summed E-state index contributed by atoms with van der Waals surface area (Å²) < 4.78 is 37.4. The van der Waals surface area contributed by atoms with Crippen molar-refractivity contribution in [2.75, 3.05) is 32.1 Å². The minimum absolute atomic E-state index is 0.0981. The summed E-state index contributed by atoms with van der Waals surface area (Å²) in [5.41, 5.74) is -0.565. The van der Waals surface area contributed by atoms with Crippen LogP contribution in [-0.2, 0) is 28.2 Å². The SMILES string of the molecule is CC(C)OC(=O)CN[P@](=O)(OCC1CC(C)C(n2ccc(NC(=O)[C@@H]3CCCN3C)nc2=O)O1)Oc1ccccc1. The van der Waals surface area contributed by atoms with Gasteiger partial charge in [0.2, 0.25) is 5.91 Å². The lowest BCUT2D eigenvalue weighted by Gasteiger charge is -2.22. The topological polar surface area (TPSA) is 150 Å². The number of carbonyl (C=O) groups excluding carboxylic acids is 2. The minimum Gasteiger partial charge on any atom is -0.462 e. The van der Waals surface area contributed by atoms with E-state index in [-0.39, 0.29) is 42.9 Å². The van der Waals surface area contributed by atoms with Crippen molar-refractivity contribution in [1.82, 2.24) is 19.5 Å². The number of nitrogens with one attached hydrogen (secondary N) is 2. The Labute approximate surface area is 239 Å². The Morgan fingerprint density at radius 3 is 2.63 bits per heavy atom. The van der Waals surface area contributed by atoms with E-state index < -0.39 is 31.7 Å². The largest absolute Gasteiger partial charge is 0.462 e. The van der Waals surface area contributed by atoms with Crippen molar-refractivity contribution in [1.29, 1.82) is 0 Å². The van der Waals surface area contributed by atoms with Gasteiger partial charge in [0.15, 0.2) is 0 Å². The molecule has 0 bridgehead atoms. The van der Waals surface area contributed by atoms with E-state index >= 15 is 0 Å². The molecular weight excluding hydrogens is 553 g/mol. The Balaban J connectivity index is 1.37. The van der Waals surface area contributed by atoms with Gasteiger partial charge in [-0.05, 0) is 64.9 Å². The van der Waals surface area contributed by atoms with Crippen LogP contribution in [0.2, 0.25) is 0 Å². The van der Waals surface area contributed by atoms with E-state index in [9.17, 15) is 18.9 Å². The number of carbonyl (C=O) groups is 2. The molecule has 2 aliphatic heterocycles. The fraction of sp³-hybridized carbons (Fsp3) is 0.556. The first-order chi connectivity index (χ1) is 19.5. The molecule has 4 rings (SSSR count). The number of benzene rings is 1. The molecule has 41 heavy (non-hydrogen) atoms. The molecule has 0 saturated carbocycles. The number of hydrogen-bond donors (Lipinski definition) is 2. The van der Waals surface area contributed by atoms with Gasteiger partial charge in [-0.15, -0.1) is 0 Å². The molecule has 224 valence electrons. The van der Waals surface area contributed by atoms with E-state index in [0.717, 1.165) is 19.4 Å². The summed E-state index contributed by atoms with van der Waals surface area (Å²) in [5, 5.41) is 5.29. The van der Waals surface area contributed by atoms with Crippen molar-refractivity contribution in [3.63, 3.8) is 0 Å². The summed E-state index contributed by atoms with van der Waals surface area (Å²) in [6.07, 6.45) is 2.26. The first-order valence-corrected chi connectivity index (χ1v) is 15.3. The van der Waals surface area contributed by atoms with Crippen molar-refractivity contribution in [3.8, 4) is 5.75 Å². The van der Waals surface area contributed by atoms with E-state index in [0.29, 0.717) is 12.2 Å². The number of rotatable bonds is 12. The van der Waals surface area contributed by atoms with Crippen LogP contribution in [0.15, 0.2) is 47.4 Å². The Morgan fingerprint density at radius 1 is 1.22 bits per heavy atom. The number of esters is 1. The monoisotopic (exact) mass is 591 g/mol. The van der Waals surface area contributed by atoms with Gasteiger partial charge in [0.25, 0.3) is 0 Å². The first-order valence-electron chi connectivity index (χ1n) is 13.7. The van der Waals surface area contributed by atoms with Crippen molar-refractivity contribution < 1.29 is 32.7 Å². The standard InChI is InChI=1S/C27H38N5O8P/c1-18(2)38-24(33)16-28-41(36,40-20-9-6-5-7-10-20)37-17-21-15-19(3)26(39-21)32-14-12-23(30-27(32)35)29-25(34)22-11-8-13-31(22)4/h5-7,9-10,12,14,18-19,21-22,26H,8,11,13,15-17H2,1-4H3,(H,28,36)(H,29,30,34,35)/t19?,21?,22-,26?,41-/m0/s1. The smallest absolute Gasteiger partial charge is 0.459 e. The second-order valence-corrected chi connectivity index (χ2v) is 12.3. The van der Waals surface area contributed by atoms with Gasteiger partial charge in [-0.25, -0.2) is 14.4 Å². The lowest BCUT2D eigenvalue weighted by molar-refractivity contribution is -0.146. The molecule has 2 aliphatic rings. The van der Waals surface area contributed by atoms with E-state index in [1.165, 1.54) is 4.57 Å². The third-order valence-electron chi connectivity index (χ3n) is 6.82. The molecule has 13 nitrogen and oxygen atoms in total. The van der Waals surface area contributed by atoms with Gasteiger partial charge in [0.1, 0.15) is 24.3 Å². The molecule has 3 unspecified atom stereocenters. The number of likely N-dealkylation sites (N-methyl/N-ethyl adjacent to an activating group) is 1. The number of likely N-dealkylation sites (tertiary alicyclic amines) is 1. The molecule has 3 heterocycles. The van der Waals surface area contributed by atoms with Crippen LogP contribution in [-0.4, -0.2) is 71.3 Å². The summed E-state index contributed by atoms with van der Waals surface area (Å²) >= 11 is 0. The molecule has 2 N–H and O–H groups in total. The maximum Gasteiger partial charge on any atom is 0.459 e. The van der Waals surface area contributed by atoms with Crippen LogP contribution < -0.4 is 20.6 Å². The van der Waals surface area contributed by atoms with Crippen LogP contribution in [0.5, 0.6) is 5.75 Å². The molecule has 1 amide bonds. The molecule has 5 atom stereocenters. The molecule has 0 aliphatic carbocycles. The summed E-state index contributed by atoms with van der Waals surface area (Å²) in [5.74, 6) is -0.413. The first kappa shape index (κ1) is 30.9. The Kier molecular flexibility index (Phi) is 10.3. The highest BCUT2D eigenvalue weighted by Gasteiger charge is 2.37. The van der Waals surface area contributed by atoms with Gasteiger partial charge in [-0.3, -0.25) is 23.6 Å². The van der Waals surface area contributed by atoms with Crippen molar-refractivity contribution in [2.45, 2.75) is 64.5 Å². The molecule has 14 heteroatoms. The van der Waals surface area contributed by atoms with Crippen LogP contribution in [0.4, 0.5) is 5.82 Å². The maximum atomic E-state index is 13.5. The van der Waals surface area contributed by atoms with Gasteiger partial charge in [-0.1, -0.05) is 25.1 Å². The number of hydrogen-bond acceptors (Lipinski definition) is 10. The normalized spacial score (nSPS) is 24.2. The number of anilines is 1. The number of nitrogens with zero attached hydrogens (tertiary/aromatic N) is 3. The maximum absolute atomic E-state index is 13.5. The van der Waals surface area contributed by atoms with E-state index in [1.807, 2.05) is 18.9 Å². The average molecular weight is 592 g/mol. The summed E-state index contributed by atoms with van der Waals surface area (Å²) in [6.45, 7) is 5.69. The van der Waals surface area contributed by atoms with E-state index in [1.54, 1.807) is 56.4 Å². The molecule has 1 aromatic heterocycles. The van der Waals surface area contributed by atoms with Crippen LogP contribution in [0, 0.1) is 5.92 Å². The number of ether oxygens (including phenoxy) is 2. The zero-order valence-electron chi connectivity index (χ0n) is 23.7. The van der Waals surface area contributed by atoms with Gasteiger partial charge in [0, 0.05) is 12.1 Å². The van der Waals surface area contributed by atoms with E-state index in [4.69, 9.17) is 18.5 Å². The van der Waals surface area contributed by atoms with Crippen LogP contribution >= 0.6 is 7.75 Å². The zero-order valence-corrected chi connectivity index (χ0v) is 24.6. The number of amides is 1. The third-order valence-corrected chi connectivity index (χ3v) is 8.30. The highest BCUT2D eigenvalue weighted by molar-refractivity contribution is 7.52. The number of para-hydroxylation sites is 1. The molecule has 2 aromatic rings. The van der Waals surface area contributed by atoms with Gasteiger partial charge >= 0.3 is 19.4 Å². The summed E-state index contributed by atoms with van der Waals surface area (Å²) in [6, 6.07) is 9.78. The lowest BCUT2D eigenvalue weighted by Crippen LogP contribution is -2.38. The Bertz CT molecular complexity index is 1310. The third kappa shape index (κ3) is 8.46. The molecule has 0 spiro atoms. The molecule has 2 fully saturated rings. The second kappa shape index (κ2) is 13.7. The molecule has 2 saturated heterocycles. The minimum atomic E-state index is -4.00. The zero-order chi connectivity index (χ0) is 29.6. The fourth-order valence-electron chi connectivity index (χ4n) is 4.86. The predicted octanol–water partition coefficient (Wildman–Crippen LogP) is 2.94. The van der Waals surface area contributed by atoms with Gasteiger partial charge in [0.05, 0.1) is 24.9 Å². The lowest BCUT2D eigenvalue weighted by atomic mass is 10.1. The van der Waals surface area contributed by atoms with Crippen LogP contribution in [0.25, 0.3) is 0 Å². The molecule has 1 aromatic carbocycles. The quantitative estimate of drug-likeness (QED) is 0.277. The van der Waals surface area contributed by atoms with Crippen molar-refractivity contribution in [3.05, 3.63) is 53.1 Å². The predicted molar refractivity (Wildman–Crippen MR) is 150 cm³/mol. The highest BCUT2D eigenvalue weighted by atomic mass is 31.2. The summed E-state index contributed by atoms with van der Waals surface area (Å²) in [7, 11) is -2.11. The number of aromatic nitrogens is 2. The van der Waals surface area contributed by atoms with Gasteiger partial charge < -0.3 is 19.3 Å². The fourth-order valence-corrected chi connectivity index (χ4v) is 6.16. The van der Waals surface area contributed by atoms with Gasteiger partial charge in [-0.2, -0.15) is 4.98 Å². The van der Waals surface area contributed by atoms with Crippen molar-refractivity contribution in [2.24, 2.45) is 5.92 Å². The second-order valence-electron chi connectivity index (χ2n) is 10.6. The van der Waals surface area contributed by atoms with Crippen LogP contribution in [0.1, 0.15) is 46.3 Å². The Hall–Kier alpha value is -3.09. The Morgan fingerprint density at radius 2 is 1.98 bits per heavy atom. The van der Waals surface area contributed by atoms with E-state index in [2.05, 4.69) is 15.4 Å². The highest BCUT2D eigenvalue weighted by Crippen LogP contribution is 2.45. The summed E-state index contributed by atoms with van der Waals surface area (Å²) in [4.78, 5) is 43.5. The average Bonchev–Trinajstić information content (AvgIpc) is 3.52.